The Balaban J connectivity index is 2.12. The van der Waals surface area contributed by atoms with Gasteiger partial charge in [0.05, 0.1) is 0 Å². The fraction of sp³-hybridized carbons (Fsp3) is 0.533. The molecule has 2 rings (SSSR count). The predicted molar refractivity (Wildman–Crippen MR) is 77.8 cm³/mol. The molecule has 1 saturated carbocycles. The van der Waals surface area contributed by atoms with Crippen molar-refractivity contribution in [2.75, 3.05) is 13.1 Å². The van der Waals surface area contributed by atoms with Crippen LogP contribution < -0.4 is 0 Å². The maximum Gasteiger partial charge on any atom is 0.253 e. The molecule has 0 aliphatic heterocycles. The molecule has 1 amide bonds. The normalized spacial score (nSPS) is 14.6. The van der Waals surface area contributed by atoms with E-state index in [4.69, 9.17) is 0 Å². The zero-order valence-corrected chi connectivity index (χ0v) is 12.7. The van der Waals surface area contributed by atoms with Gasteiger partial charge in [0.15, 0.2) is 0 Å². The lowest BCUT2D eigenvalue weighted by Crippen LogP contribution is -2.33. The smallest absolute Gasteiger partial charge is 0.253 e. The molecule has 0 atom stereocenters. The van der Waals surface area contributed by atoms with Crippen LogP contribution in [0.25, 0.3) is 0 Å². The lowest BCUT2D eigenvalue weighted by Gasteiger charge is -2.22. The maximum absolute atomic E-state index is 12.5. The minimum Gasteiger partial charge on any atom is -0.338 e. The van der Waals surface area contributed by atoms with Gasteiger partial charge in [-0.3, -0.25) is 4.79 Å². The first-order valence-corrected chi connectivity index (χ1v) is 7.46. The maximum atomic E-state index is 12.5. The summed E-state index contributed by atoms with van der Waals surface area (Å²) < 4.78 is 1.01. The minimum atomic E-state index is 0.171. The van der Waals surface area contributed by atoms with Crippen LogP contribution in [0.15, 0.2) is 22.7 Å². The monoisotopic (exact) mass is 309 g/mol. The summed E-state index contributed by atoms with van der Waals surface area (Å²) in [6, 6.07) is 5.86. The van der Waals surface area contributed by atoms with Gasteiger partial charge in [-0.25, -0.2) is 0 Å². The molecule has 1 aliphatic carbocycles. The molecule has 1 aromatic rings. The van der Waals surface area contributed by atoms with E-state index in [9.17, 15) is 4.79 Å². The number of carbonyl (C=O) groups excluding carboxylic acids is 1. The molecule has 3 heteroatoms. The number of hydrogen-bond acceptors (Lipinski definition) is 1. The van der Waals surface area contributed by atoms with Crippen molar-refractivity contribution in [2.45, 2.75) is 33.1 Å². The second kappa shape index (κ2) is 5.87. The van der Waals surface area contributed by atoms with Crippen LogP contribution >= 0.6 is 15.9 Å². The highest BCUT2D eigenvalue weighted by Crippen LogP contribution is 2.30. The molecule has 0 bridgehead atoms. The van der Waals surface area contributed by atoms with Crippen LogP contribution in [0.1, 0.15) is 42.1 Å². The summed E-state index contributed by atoms with van der Waals surface area (Å²) in [5.74, 6) is 0.916. The zero-order valence-electron chi connectivity index (χ0n) is 11.1. The second-order valence-electron chi connectivity index (χ2n) is 5.16. The summed E-state index contributed by atoms with van der Waals surface area (Å²) in [7, 11) is 0. The van der Waals surface area contributed by atoms with Gasteiger partial charge < -0.3 is 4.90 Å². The standard InChI is InChI=1S/C15H20BrNO/c1-3-8-17(10-12-5-6-12)15(18)13-7-4-11(2)14(16)9-13/h4,7,9,12H,3,5-6,8,10H2,1-2H3. The highest BCUT2D eigenvalue weighted by atomic mass is 79.9. The van der Waals surface area contributed by atoms with E-state index in [1.54, 1.807) is 0 Å². The van der Waals surface area contributed by atoms with Crippen LogP contribution in [0.5, 0.6) is 0 Å². The first kappa shape index (κ1) is 13.6. The van der Waals surface area contributed by atoms with Crippen molar-refractivity contribution >= 4 is 21.8 Å². The third-order valence-corrected chi connectivity index (χ3v) is 4.23. The number of benzene rings is 1. The van der Waals surface area contributed by atoms with E-state index < -0.39 is 0 Å². The zero-order chi connectivity index (χ0) is 13.1. The van der Waals surface area contributed by atoms with E-state index in [0.29, 0.717) is 0 Å². The van der Waals surface area contributed by atoms with E-state index in [-0.39, 0.29) is 5.91 Å². The van der Waals surface area contributed by atoms with Gasteiger partial charge >= 0.3 is 0 Å². The van der Waals surface area contributed by atoms with Gasteiger partial charge in [-0.1, -0.05) is 28.9 Å². The molecular formula is C15H20BrNO. The number of hydrogen-bond donors (Lipinski definition) is 0. The third-order valence-electron chi connectivity index (χ3n) is 3.38. The van der Waals surface area contributed by atoms with Crippen molar-refractivity contribution in [3.05, 3.63) is 33.8 Å². The molecule has 98 valence electrons. The molecule has 0 radical (unpaired) electrons. The third kappa shape index (κ3) is 3.35. The summed E-state index contributed by atoms with van der Waals surface area (Å²) in [6.45, 7) is 5.95. The number of amides is 1. The Bertz CT molecular complexity index is 440. The molecule has 1 fully saturated rings. The minimum absolute atomic E-state index is 0.171. The average molecular weight is 310 g/mol. The Morgan fingerprint density at radius 1 is 1.44 bits per heavy atom. The molecule has 1 aliphatic rings. The number of rotatable bonds is 5. The molecule has 0 N–H and O–H groups in total. The van der Waals surface area contributed by atoms with Gasteiger partial charge in [0, 0.05) is 23.1 Å². The van der Waals surface area contributed by atoms with E-state index in [0.717, 1.165) is 41.0 Å². The SMILES string of the molecule is CCCN(CC1CC1)C(=O)c1ccc(C)c(Br)c1. The summed E-state index contributed by atoms with van der Waals surface area (Å²) >= 11 is 3.49. The van der Waals surface area contributed by atoms with Crippen LogP contribution in [0.3, 0.4) is 0 Å². The van der Waals surface area contributed by atoms with Crippen LogP contribution in [0, 0.1) is 12.8 Å². The van der Waals surface area contributed by atoms with E-state index >= 15 is 0 Å². The fourth-order valence-corrected chi connectivity index (χ4v) is 2.45. The van der Waals surface area contributed by atoms with Gasteiger partial charge in [0.25, 0.3) is 5.91 Å². The van der Waals surface area contributed by atoms with E-state index in [2.05, 4.69) is 22.9 Å². The Morgan fingerprint density at radius 3 is 2.72 bits per heavy atom. The van der Waals surface area contributed by atoms with Crippen LogP contribution in [-0.4, -0.2) is 23.9 Å². The summed E-state index contributed by atoms with van der Waals surface area (Å²) in [5.41, 5.74) is 1.96. The van der Waals surface area contributed by atoms with Crippen LogP contribution in [0.4, 0.5) is 0 Å². The van der Waals surface area contributed by atoms with Crippen molar-refractivity contribution < 1.29 is 4.79 Å². The average Bonchev–Trinajstić information content (AvgIpc) is 3.15. The largest absolute Gasteiger partial charge is 0.338 e. The Kier molecular flexibility index (Phi) is 4.44. The first-order chi connectivity index (χ1) is 8.61. The van der Waals surface area contributed by atoms with Gasteiger partial charge in [0.1, 0.15) is 0 Å². The van der Waals surface area contributed by atoms with Crippen molar-refractivity contribution in [3.8, 4) is 0 Å². The van der Waals surface area contributed by atoms with Crippen molar-refractivity contribution in [3.63, 3.8) is 0 Å². The molecule has 2 nitrogen and oxygen atoms in total. The second-order valence-corrected chi connectivity index (χ2v) is 6.01. The quantitative estimate of drug-likeness (QED) is 0.804. The lowest BCUT2D eigenvalue weighted by molar-refractivity contribution is 0.0747. The molecule has 0 spiro atoms. The lowest BCUT2D eigenvalue weighted by atomic mass is 10.1. The Hall–Kier alpha value is -0.830. The Labute approximate surface area is 117 Å². The number of carbonyl (C=O) groups is 1. The molecule has 0 heterocycles. The number of nitrogens with zero attached hydrogens (tertiary/aromatic N) is 1. The molecular weight excluding hydrogens is 290 g/mol. The fourth-order valence-electron chi connectivity index (χ4n) is 2.07. The number of aryl methyl sites for hydroxylation is 1. The number of halogens is 1. The molecule has 0 unspecified atom stereocenters. The van der Waals surface area contributed by atoms with Gasteiger partial charge in [-0.2, -0.15) is 0 Å². The van der Waals surface area contributed by atoms with Gasteiger partial charge in [-0.15, -0.1) is 0 Å². The summed E-state index contributed by atoms with van der Waals surface area (Å²) in [5, 5.41) is 0. The van der Waals surface area contributed by atoms with E-state index in [1.165, 1.54) is 12.8 Å². The van der Waals surface area contributed by atoms with Crippen molar-refractivity contribution in [1.82, 2.24) is 4.90 Å². The molecule has 1 aromatic carbocycles. The summed E-state index contributed by atoms with van der Waals surface area (Å²) in [6.07, 6.45) is 3.58. The molecule has 0 saturated heterocycles. The highest BCUT2D eigenvalue weighted by molar-refractivity contribution is 9.10. The Morgan fingerprint density at radius 2 is 2.17 bits per heavy atom. The van der Waals surface area contributed by atoms with E-state index in [1.807, 2.05) is 30.0 Å². The van der Waals surface area contributed by atoms with Crippen LogP contribution in [0.2, 0.25) is 0 Å². The van der Waals surface area contributed by atoms with Gasteiger partial charge in [-0.05, 0) is 49.8 Å². The van der Waals surface area contributed by atoms with Gasteiger partial charge in [0.2, 0.25) is 0 Å². The topological polar surface area (TPSA) is 20.3 Å². The van der Waals surface area contributed by atoms with Crippen molar-refractivity contribution in [1.29, 1.82) is 0 Å². The molecule has 0 aromatic heterocycles. The molecule has 18 heavy (non-hydrogen) atoms. The first-order valence-electron chi connectivity index (χ1n) is 6.67. The van der Waals surface area contributed by atoms with Crippen molar-refractivity contribution in [2.24, 2.45) is 5.92 Å². The predicted octanol–water partition coefficient (Wildman–Crippen LogP) is 4.02. The van der Waals surface area contributed by atoms with Crippen LogP contribution in [-0.2, 0) is 0 Å². The summed E-state index contributed by atoms with van der Waals surface area (Å²) in [4.78, 5) is 14.5. The highest BCUT2D eigenvalue weighted by Gasteiger charge is 2.26.